The second-order valence-electron chi connectivity index (χ2n) is 5.26. The lowest BCUT2D eigenvalue weighted by Gasteiger charge is -2.15. The third-order valence-electron chi connectivity index (χ3n) is 3.40. The van der Waals surface area contributed by atoms with Crippen LogP contribution in [-0.4, -0.2) is 41.9 Å². The van der Waals surface area contributed by atoms with Crippen molar-refractivity contribution in [1.82, 2.24) is 25.4 Å². The Hall–Kier alpha value is -1.91. The average molecular weight is 447 g/mol. The lowest BCUT2D eigenvalue weighted by molar-refractivity contribution is 0.622. The highest BCUT2D eigenvalue weighted by Gasteiger charge is 2.06. The van der Waals surface area contributed by atoms with Crippen LogP contribution in [0.4, 0.5) is 10.1 Å². The monoisotopic (exact) mass is 447 g/mol. The number of nitrogens with zero attached hydrogens (tertiary/aromatic N) is 5. The Labute approximate surface area is 158 Å². The van der Waals surface area contributed by atoms with Gasteiger partial charge < -0.3 is 15.5 Å². The summed E-state index contributed by atoms with van der Waals surface area (Å²) in [7, 11) is 7.14. The van der Waals surface area contributed by atoms with Gasteiger partial charge in [-0.3, -0.25) is 9.67 Å². The lowest BCUT2D eigenvalue weighted by Crippen LogP contribution is -2.37. The van der Waals surface area contributed by atoms with Crippen LogP contribution in [0.25, 0.3) is 0 Å². The first-order valence-corrected chi connectivity index (χ1v) is 7.24. The van der Waals surface area contributed by atoms with Crippen molar-refractivity contribution in [3.05, 3.63) is 41.7 Å². The maximum atomic E-state index is 14.0. The van der Waals surface area contributed by atoms with Gasteiger partial charge in [0.25, 0.3) is 0 Å². The second kappa shape index (κ2) is 9.40. The number of aliphatic imine (C=N–C) groups is 1. The van der Waals surface area contributed by atoms with Gasteiger partial charge in [0.15, 0.2) is 5.96 Å². The number of guanidine groups is 1. The molecule has 0 spiro atoms. The highest BCUT2D eigenvalue weighted by atomic mass is 127. The molecule has 0 bridgehead atoms. The van der Waals surface area contributed by atoms with Crippen molar-refractivity contribution < 1.29 is 4.39 Å². The van der Waals surface area contributed by atoms with E-state index in [1.165, 1.54) is 12.4 Å². The minimum atomic E-state index is -0.240. The Morgan fingerprint density at radius 2 is 2.00 bits per heavy atom. The summed E-state index contributed by atoms with van der Waals surface area (Å²) >= 11 is 0. The highest BCUT2D eigenvalue weighted by Crippen LogP contribution is 2.18. The van der Waals surface area contributed by atoms with E-state index in [9.17, 15) is 4.39 Å². The molecule has 2 rings (SSSR count). The summed E-state index contributed by atoms with van der Waals surface area (Å²) in [5.41, 5.74) is 1.41. The third-order valence-corrected chi connectivity index (χ3v) is 3.40. The average Bonchev–Trinajstić information content (AvgIpc) is 2.92. The summed E-state index contributed by atoms with van der Waals surface area (Å²) < 4.78 is 15.6. The topological polar surface area (TPSA) is 70.4 Å². The molecular formula is C15H23FIN7. The predicted octanol–water partition coefficient (Wildman–Crippen LogP) is 1.50. The van der Waals surface area contributed by atoms with Crippen LogP contribution >= 0.6 is 24.0 Å². The van der Waals surface area contributed by atoms with Crippen molar-refractivity contribution in [2.24, 2.45) is 12.0 Å². The van der Waals surface area contributed by atoms with E-state index in [4.69, 9.17) is 0 Å². The summed E-state index contributed by atoms with van der Waals surface area (Å²) in [4.78, 5) is 10.0. The van der Waals surface area contributed by atoms with Crippen molar-refractivity contribution in [2.75, 3.05) is 26.0 Å². The summed E-state index contributed by atoms with van der Waals surface area (Å²) in [6.07, 6.45) is 1.50. The summed E-state index contributed by atoms with van der Waals surface area (Å²) in [6.45, 7) is 0.979. The number of anilines is 1. The first kappa shape index (κ1) is 20.1. The van der Waals surface area contributed by atoms with Crippen molar-refractivity contribution in [3.8, 4) is 0 Å². The third kappa shape index (κ3) is 5.32. The van der Waals surface area contributed by atoms with Crippen molar-refractivity contribution in [2.45, 2.75) is 13.1 Å². The molecule has 24 heavy (non-hydrogen) atoms. The number of hydrogen-bond donors (Lipinski definition) is 2. The molecule has 0 unspecified atom stereocenters. The van der Waals surface area contributed by atoms with Gasteiger partial charge in [-0.15, -0.1) is 24.0 Å². The molecule has 1 heterocycles. The molecule has 2 N–H and O–H groups in total. The first-order valence-electron chi connectivity index (χ1n) is 7.24. The van der Waals surface area contributed by atoms with Gasteiger partial charge in [-0.05, 0) is 17.7 Å². The zero-order chi connectivity index (χ0) is 16.8. The van der Waals surface area contributed by atoms with E-state index < -0.39 is 0 Å². The van der Waals surface area contributed by atoms with Gasteiger partial charge in [0.05, 0.1) is 12.2 Å². The van der Waals surface area contributed by atoms with E-state index in [0.29, 0.717) is 24.7 Å². The van der Waals surface area contributed by atoms with Gasteiger partial charge in [-0.2, -0.15) is 5.10 Å². The standard InChI is InChI=1S/C15H22FN7.HI/c1-17-15(19-9-14-20-10-21-23(14)4)18-8-11-5-6-13(22(2)3)12(16)7-11;/h5-7,10H,8-9H2,1-4H3,(H2,17,18,19);1H. The molecule has 132 valence electrons. The fraction of sp³-hybridized carbons (Fsp3) is 0.400. The molecule has 0 aliphatic heterocycles. The number of hydrogen-bond acceptors (Lipinski definition) is 4. The van der Waals surface area contributed by atoms with Crippen LogP contribution in [0, 0.1) is 5.82 Å². The maximum absolute atomic E-state index is 14.0. The van der Waals surface area contributed by atoms with Crippen LogP contribution in [-0.2, 0) is 20.1 Å². The molecule has 0 saturated carbocycles. The van der Waals surface area contributed by atoms with Gasteiger partial charge in [-0.25, -0.2) is 9.37 Å². The molecule has 1 aromatic carbocycles. The van der Waals surface area contributed by atoms with E-state index in [1.807, 2.05) is 27.2 Å². The lowest BCUT2D eigenvalue weighted by atomic mass is 10.2. The van der Waals surface area contributed by atoms with Crippen LogP contribution in [0.5, 0.6) is 0 Å². The summed E-state index contributed by atoms with van der Waals surface area (Å²) in [5, 5.41) is 10.3. The number of aryl methyl sites for hydroxylation is 1. The molecule has 0 radical (unpaired) electrons. The quantitative estimate of drug-likeness (QED) is 0.413. The van der Waals surface area contributed by atoms with Gasteiger partial charge in [0, 0.05) is 34.7 Å². The molecule has 2 aromatic rings. The Morgan fingerprint density at radius 1 is 1.29 bits per heavy atom. The molecule has 9 heteroatoms. The largest absolute Gasteiger partial charge is 0.375 e. The van der Waals surface area contributed by atoms with Crippen LogP contribution in [0.3, 0.4) is 0 Å². The van der Waals surface area contributed by atoms with E-state index in [-0.39, 0.29) is 29.8 Å². The number of aromatic nitrogens is 3. The zero-order valence-electron chi connectivity index (χ0n) is 14.2. The summed E-state index contributed by atoms with van der Waals surface area (Å²) in [6, 6.07) is 5.18. The van der Waals surface area contributed by atoms with Crippen LogP contribution < -0.4 is 15.5 Å². The molecular weight excluding hydrogens is 424 g/mol. The Balaban J connectivity index is 0.00000288. The van der Waals surface area contributed by atoms with E-state index >= 15 is 0 Å². The van der Waals surface area contributed by atoms with Crippen molar-refractivity contribution >= 4 is 35.6 Å². The number of rotatable bonds is 5. The van der Waals surface area contributed by atoms with Crippen molar-refractivity contribution in [3.63, 3.8) is 0 Å². The summed E-state index contributed by atoms with van der Waals surface area (Å²) in [5.74, 6) is 1.18. The van der Waals surface area contributed by atoms with Gasteiger partial charge in [0.2, 0.25) is 0 Å². The zero-order valence-corrected chi connectivity index (χ0v) is 16.6. The molecule has 1 aromatic heterocycles. The minimum absolute atomic E-state index is 0. The highest BCUT2D eigenvalue weighted by molar-refractivity contribution is 14.0. The predicted molar refractivity (Wildman–Crippen MR) is 104 cm³/mol. The van der Waals surface area contributed by atoms with E-state index in [2.05, 4.69) is 25.7 Å². The van der Waals surface area contributed by atoms with Crippen LogP contribution in [0.15, 0.2) is 29.5 Å². The van der Waals surface area contributed by atoms with E-state index in [0.717, 1.165) is 11.4 Å². The van der Waals surface area contributed by atoms with Gasteiger partial charge in [-0.1, -0.05) is 6.07 Å². The van der Waals surface area contributed by atoms with Crippen LogP contribution in [0.1, 0.15) is 11.4 Å². The van der Waals surface area contributed by atoms with Gasteiger partial charge >= 0.3 is 0 Å². The maximum Gasteiger partial charge on any atom is 0.191 e. The Bertz CT molecular complexity index is 684. The molecule has 0 aliphatic carbocycles. The molecule has 0 fully saturated rings. The van der Waals surface area contributed by atoms with Gasteiger partial charge in [0.1, 0.15) is 18.0 Å². The number of halogens is 2. The Kier molecular flexibility index (Phi) is 7.89. The van der Waals surface area contributed by atoms with Crippen LogP contribution in [0.2, 0.25) is 0 Å². The molecule has 0 atom stereocenters. The normalized spacial score (nSPS) is 11.0. The fourth-order valence-corrected chi connectivity index (χ4v) is 2.07. The SMILES string of the molecule is CN=C(NCc1ccc(N(C)C)c(F)c1)NCc1ncnn1C.I. The first-order chi connectivity index (χ1) is 11.0. The Morgan fingerprint density at radius 3 is 2.54 bits per heavy atom. The smallest absolute Gasteiger partial charge is 0.191 e. The van der Waals surface area contributed by atoms with Crippen molar-refractivity contribution in [1.29, 1.82) is 0 Å². The minimum Gasteiger partial charge on any atom is -0.375 e. The van der Waals surface area contributed by atoms with E-state index in [1.54, 1.807) is 22.7 Å². The second-order valence-corrected chi connectivity index (χ2v) is 5.26. The fourth-order valence-electron chi connectivity index (χ4n) is 2.07. The number of nitrogens with one attached hydrogen (secondary N) is 2. The molecule has 0 amide bonds. The molecule has 0 aliphatic rings. The molecule has 7 nitrogen and oxygen atoms in total. The molecule has 0 saturated heterocycles. The number of benzene rings is 1.